The van der Waals surface area contributed by atoms with Gasteiger partial charge in [-0.15, -0.1) is 0 Å². The Morgan fingerprint density at radius 3 is 2.70 bits per heavy atom. The lowest BCUT2D eigenvalue weighted by Crippen LogP contribution is -2.37. The number of methoxy groups -OCH3 is 2. The summed E-state index contributed by atoms with van der Waals surface area (Å²) in [5.74, 6) is 1.33. The zero-order valence-electron chi connectivity index (χ0n) is 15.5. The molecule has 1 aromatic heterocycles. The second-order valence-corrected chi connectivity index (χ2v) is 6.82. The van der Waals surface area contributed by atoms with Crippen molar-refractivity contribution in [3.63, 3.8) is 0 Å². The zero-order valence-corrected chi connectivity index (χ0v) is 15.5. The first-order chi connectivity index (χ1) is 13.2. The molecule has 4 rings (SSSR count). The van der Waals surface area contributed by atoms with Crippen LogP contribution in [0.3, 0.4) is 0 Å². The highest BCUT2D eigenvalue weighted by Gasteiger charge is 2.47. The molecule has 27 heavy (non-hydrogen) atoms. The lowest BCUT2D eigenvalue weighted by atomic mass is 10.1. The quantitative estimate of drug-likeness (QED) is 0.779. The fraction of sp³-hybridized carbons (Fsp3) is 0.400. The molecule has 2 aliphatic rings. The SMILES string of the molecule is COc1ccc(CN2C(=O)O[C@H]3CN(Cc4ccccn4)C[C@H]32)cc1OC. The van der Waals surface area contributed by atoms with Gasteiger partial charge >= 0.3 is 6.09 Å². The van der Waals surface area contributed by atoms with Gasteiger partial charge < -0.3 is 14.2 Å². The first-order valence-corrected chi connectivity index (χ1v) is 8.98. The minimum Gasteiger partial charge on any atom is -0.493 e. The number of benzene rings is 1. The summed E-state index contributed by atoms with van der Waals surface area (Å²) in [7, 11) is 3.21. The Bertz CT molecular complexity index is 814. The van der Waals surface area contributed by atoms with Crippen LogP contribution in [0.5, 0.6) is 11.5 Å². The van der Waals surface area contributed by atoms with E-state index >= 15 is 0 Å². The Morgan fingerprint density at radius 2 is 1.96 bits per heavy atom. The Balaban J connectivity index is 1.45. The molecule has 0 radical (unpaired) electrons. The van der Waals surface area contributed by atoms with E-state index in [9.17, 15) is 4.79 Å². The van der Waals surface area contributed by atoms with Crippen LogP contribution in [-0.2, 0) is 17.8 Å². The molecular weight excluding hydrogens is 346 g/mol. The van der Waals surface area contributed by atoms with Gasteiger partial charge in [0.25, 0.3) is 0 Å². The van der Waals surface area contributed by atoms with Crippen molar-refractivity contribution >= 4 is 6.09 Å². The molecule has 2 aromatic rings. The lowest BCUT2D eigenvalue weighted by Gasteiger charge is -2.22. The summed E-state index contributed by atoms with van der Waals surface area (Å²) in [5, 5.41) is 0. The minimum absolute atomic E-state index is 0.0503. The average molecular weight is 369 g/mol. The minimum atomic E-state index is -0.253. The molecule has 2 aliphatic heterocycles. The van der Waals surface area contributed by atoms with Gasteiger partial charge in [0.15, 0.2) is 11.5 Å². The number of amides is 1. The molecule has 3 heterocycles. The summed E-state index contributed by atoms with van der Waals surface area (Å²) in [6.07, 6.45) is 1.45. The third-order valence-electron chi connectivity index (χ3n) is 5.11. The zero-order chi connectivity index (χ0) is 18.8. The maximum atomic E-state index is 12.4. The number of likely N-dealkylation sites (tertiary alicyclic amines) is 1. The largest absolute Gasteiger partial charge is 0.493 e. The highest BCUT2D eigenvalue weighted by Crippen LogP contribution is 2.32. The van der Waals surface area contributed by atoms with Gasteiger partial charge in [-0.3, -0.25) is 14.8 Å². The van der Waals surface area contributed by atoms with Gasteiger partial charge in [0.1, 0.15) is 6.10 Å². The van der Waals surface area contributed by atoms with E-state index in [4.69, 9.17) is 14.2 Å². The Hall–Kier alpha value is -2.80. The third-order valence-corrected chi connectivity index (χ3v) is 5.11. The Kier molecular flexibility index (Phi) is 4.85. The average Bonchev–Trinajstić information content (AvgIpc) is 3.20. The van der Waals surface area contributed by atoms with Crippen molar-refractivity contribution in [2.75, 3.05) is 27.3 Å². The van der Waals surface area contributed by atoms with Crippen LogP contribution in [0.1, 0.15) is 11.3 Å². The van der Waals surface area contributed by atoms with E-state index in [2.05, 4.69) is 9.88 Å². The van der Waals surface area contributed by atoms with Gasteiger partial charge in [-0.05, 0) is 29.8 Å². The molecule has 0 unspecified atom stereocenters. The predicted molar refractivity (Wildman–Crippen MR) is 98.7 cm³/mol. The predicted octanol–water partition coefficient (Wildman–Crippen LogP) is 2.30. The number of hydrogen-bond acceptors (Lipinski definition) is 6. The van der Waals surface area contributed by atoms with Crippen LogP contribution in [0.25, 0.3) is 0 Å². The van der Waals surface area contributed by atoms with E-state index in [1.54, 1.807) is 20.4 Å². The highest BCUT2D eigenvalue weighted by molar-refractivity contribution is 5.71. The van der Waals surface area contributed by atoms with Crippen molar-refractivity contribution in [3.8, 4) is 11.5 Å². The molecule has 1 aromatic carbocycles. The summed E-state index contributed by atoms with van der Waals surface area (Å²) in [5.41, 5.74) is 2.00. The molecular formula is C20H23N3O4. The Morgan fingerprint density at radius 1 is 1.11 bits per heavy atom. The van der Waals surface area contributed by atoms with Crippen LogP contribution in [0.2, 0.25) is 0 Å². The van der Waals surface area contributed by atoms with Crippen molar-refractivity contribution in [2.45, 2.75) is 25.2 Å². The molecule has 0 bridgehead atoms. The van der Waals surface area contributed by atoms with Crippen molar-refractivity contribution in [2.24, 2.45) is 0 Å². The molecule has 0 aliphatic carbocycles. The van der Waals surface area contributed by atoms with E-state index in [1.165, 1.54) is 0 Å². The van der Waals surface area contributed by atoms with Gasteiger partial charge in [0, 0.05) is 32.4 Å². The normalized spacial score (nSPS) is 21.9. The summed E-state index contributed by atoms with van der Waals surface area (Å²) < 4.78 is 16.3. The molecule has 2 saturated heterocycles. The van der Waals surface area contributed by atoms with Gasteiger partial charge in [-0.25, -0.2) is 4.79 Å². The number of aromatic nitrogens is 1. The van der Waals surface area contributed by atoms with E-state index in [1.807, 2.05) is 41.3 Å². The Labute approximate surface area is 158 Å². The molecule has 7 heteroatoms. The lowest BCUT2D eigenvalue weighted by molar-refractivity contribution is 0.119. The van der Waals surface area contributed by atoms with Crippen LogP contribution in [0.4, 0.5) is 4.79 Å². The topological polar surface area (TPSA) is 64.1 Å². The smallest absolute Gasteiger partial charge is 0.410 e. The van der Waals surface area contributed by atoms with Crippen LogP contribution in [0, 0.1) is 0 Å². The number of ether oxygens (including phenoxy) is 3. The number of carbonyl (C=O) groups is 1. The monoisotopic (exact) mass is 369 g/mol. The molecule has 0 N–H and O–H groups in total. The van der Waals surface area contributed by atoms with E-state index in [0.717, 1.165) is 30.9 Å². The van der Waals surface area contributed by atoms with Crippen LogP contribution in [0.15, 0.2) is 42.6 Å². The number of nitrogens with zero attached hydrogens (tertiary/aromatic N) is 3. The second-order valence-electron chi connectivity index (χ2n) is 6.82. The summed E-state index contributed by atoms with van der Waals surface area (Å²) >= 11 is 0. The van der Waals surface area contributed by atoms with E-state index in [-0.39, 0.29) is 18.2 Å². The van der Waals surface area contributed by atoms with Gasteiger partial charge in [0.05, 0.1) is 26.0 Å². The van der Waals surface area contributed by atoms with Crippen molar-refractivity contribution in [1.29, 1.82) is 0 Å². The maximum Gasteiger partial charge on any atom is 0.410 e. The highest BCUT2D eigenvalue weighted by atomic mass is 16.6. The summed E-state index contributed by atoms with van der Waals surface area (Å²) in [6.45, 7) is 2.75. The van der Waals surface area contributed by atoms with E-state index in [0.29, 0.717) is 18.0 Å². The molecule has 1 amide bonds. The molecule has 7 nitrogen and oxygen atoms in total. The number of rotatable bonds is 6. The summed E-state index contributed by atoms with van der Waals surface area (Å²) in [6, 6.07) is 11.7. The molecule has 2 atom stereocenters. The van der Waals surface area contributed by atoms with Gasteiger partial charge in [-0.1, -0.05) is 12.1 Å². The van der Waals surface area contributed by atoms with Gasteiger partial charge in [-0.2, -0.15) is 0 Å². The number of fused-ring (bicyclic) bond motifs is 1. The second kappa shape index (κ2) is 7.44. The van der Waals surface area contributed by atoms with Crippen molar-refractivity contribution in [3.05, 3.63) is 53.9 Å². The first-order valence-electron chi connectivity index (χ1n) is 8.98. The van der Waals surface area contributed by atoms with E-state index < -0.39 is 0 Å². The van der Waals surface area contributed by atoms with Crippen LogP contribution >= 0.6 is 0 Å². The standard InChI is InChI=1S/C20H23N3O4/c1-25-17-7-6-14(9-18(17)26-2)10-23-16-12-22(13-19(16)27-20(23)24)11-15-5-3-4-8-21-15/h3-9,16,19H,10-13H2,1-2H3/t16-,19+/m1/s1. The number of pyridine rings is 1. The molecule has 0 spiro atoms. The van der Waals surface area contributed by atoms with Crippen LogP contribution in [-0.4, -0.2) is 60.3 Å². The molecule has 2 fully saturated rings. The van der Waals surface area contributed by atoms with Crippen molar-refractivity contribution < 1.29 is 19.0 Å². The van der Waals surface area contributed by atoms with Crippen molar-refractivity contribution in [1.82, 2.24) is 14.8 Å². The van der Waals surface area contributed by atoms with Gasteiger partial charge in [0.2, 0.25) is 0 Å². The number of hydrogen-bond donors (Lipinski definition) is 0. The third kappa shape index (κ3) is 3.55. The fourth-order valence-electron chi connectivity index (χ4n) is 3.79. The van der Waals surface area contributed by atoms with Crippen LogP contribution < -0.4 is 9.47 Å². The molecule has 142 valence electrons. The maximum absolute atomic E-state index is 12.4. The summed E-state index contributed by atoms with van der Waals surface area (Å²) in [4.78, 5) is 20.8. The first kappa shape index (κ1) is 17.6. The molecule has 0 saturated carbocycles. The number of carbonyl (C=O) groups excluding carboxylic acids is 1. The fourth-order valence-corrected chi connectivity index (χ4v) is 3.79.